The number of rotatable bonds is 4. The van der Waals surface area contributed by atoms with Crippen molar-refractivity contribution < 1.29 is 0 Å². The highest BCUT2D eigenvalue weighted by Crippen LogP contribution is 2.25. The molecular formula is C12H22N2. The van der Waals surface area contributed by atoms with Gasteiger partial charge >= 0.3 is 0 Å². The smallest absolute Gasteiger partial charge is 0.0579 e. The van der Waals surface area contributed by atoms with Crippen molar-refractivity contribution in [2.75, 3.05) is 13.1 Å². The first-order valence-electron chi connectivity index (χ1n) is 5.71. The molecule has 0 aromatic carbocycles. The molecule has 14 heavy (non-hydrogen) atoms. The Kier molecular flexibility index (Phi) is 5.66. The second-order valence-electron chi connectivity index (χ2n) is 4.05. The highest BCUT2D eigenvalue weighted by molar-refractivity contribution is 4.98. The van der Waals surface area contributed by atoms with Crippen LogP contribution in [-0.4, -0.2) is 19.1 Å². The summed E-state index contributed by atoms with van der Waals surface area (Å²) in [4.78, 5) is 0. The normalized spacial score (nSPS) is 19.9. The minimum atomic E-state index is 0.483. The van der Waals surface area contributed by atoms with Crippen LogP contribution in [0.15, 0.2) is 0 Å². The van der Waals surface area contributed by atoms with Gasteiger partial charge in [-0.25, -0.2) is 0 Å². The van der Waals surface area contributed by atoms with Crippen LogP contribution in [0.3, 0.4) is 0 Å². The first-order valence-corrected chi connectivity index (χ1v) is 5.71. The number of hydrogen-bond donors (Lipinski definition) is 2. The van der Waals surface area contributed by atoms with E-state index in [1.807, 2.05) is 6.92 Å². The summed E-state index contributed by atoms with van der Waals surface area (Å²) in [7, 11) is 0. The summed E-state index contributed by atoms with van der Waals surface area (Å²) in [6, 6.07) is 0.483. The SMILES string of the molecule is CC#CCNC(CN)C1CCCCC1. The molecule has 0 spiro atoms. The van der Waals surface area contributed by atoms with Gasteiger partial charge in [-0.2, -0.15) is 0 Å². The highest BCUT2D eigenvalue weighted by atomic mass is 14.9. The molecule has 1 fully saturated rings. The van der Waals surface area contributed by atoms with E-state index in [9.17, 15) is 0 Å². The molecule has 0 saturated heterocycles. The molecule has 1 saturated carbocycles. The molecular weight excluding hydrogens is 172 g/mol. The minimum absolute atomic E-state index is 0.483. The quantitative estimate of drug-likeness (QED) is 0.666. The summed E-state index contributed by atoms with van der Waals surface area (Å²) < 4.78 is 0. The first-order chi connectivity index (χ1) is 6.88. The summed E-state index contributed by atoms with van der Waals surface area (Å²) in [6.07, 6.45) is 6.84. The largest absolute Gasteiger partial charge is 0.329 e. The Morgan fingerprint density at radius 1 is 1.36 bits per heavy atom. The molecule has 2 heteroatoms. The molecule has 1 aliphatic carbocycles. The number of nitrogens with two attached hydrogens (primary N) is 1. The molecule has 80 valence electrons. The lowest BCUT2D eigenvalue weighted by molar-refractivity contribution is 0.278. The lowest BCUT2D eigenvalue weighted by Gasteiger charge is -2.29. The van der Waals surface area contributed by atoms with Crippen LogP contribution in [0.1, 0.15) is 39.0 Å². The van der Waals surface area contributed by atoms with Gasteiger partial charge in [0, 0.05) is 12.6 Å². The Hall–Kier alpha value is -0.520. The third-order valence-electron chi connectivity index (χ3n) is 3.10. The van der Waals surface area contributed by atoms with Crippen LogP contribution in [0, 0.1) is 17.8 Å². The Balaban J connectivity index is 2.30. The van der Waals surface area contributed by atoms with Crippen molar-refractivity contribution in [2.24, 2.45) is 11.7 Å². The van der Waals surface area contributed by atoms with Crippen LogP contribution >= 0.6 is 0 Å². The molecule has 1 aliphatic rings. The van der Waals surface area contributed by atoms with E-state index in [1.165, 1.54) is 32.1 Å². The van der Waals surface area contributed by atoms with Gasteiger partial charge in [-0.05, 0) is 25.7 Å². The van der Waals surface area contributed by atoms with Crippen LogP contribution in [0.4, 0.5) is 0 Å². The van der Waals surface area contributed by atoms with E-state index in [0.29, 0.717) is 6.04 Å². The molecule has 0 heterocycles. The summed E-state index contributed by atoms with van der Waals surface area (Å²) in [5.74, 6) is 6.72. The molecule has 0 aromatic heterocycles. The zero-order chi connectivity index (χ0) is 10.2. The van der Waals surface area contributed by atoms with Crippen molar-refractivity contribution in [2.45, 2.75) is 45.1 Å². The fourth-order valence-electron chi connectivity index (χ4n) is 2.25. The first kappa shape index (κ1) is 11.6. The van der Waals surface area contributed by atoms with E-state index in [-0.39, 0.29) is 0 Å². The predicted octanol–water partition coefficient (Wildman–Crippen LogP) is 1.51. The van der Waals surface area contributed by atoms with Gasteiger partial charge in [0.1, 0.15) is 0 Å². The topological polar surface area (TPSA) is 38.0 Å². The maximum absolute atomic E-state index is 5.78. The van der Waals surface area contributed by atoms with E-state index in [4.69, 9.17) is 5.73 Å². The van der Waals surface area contributed by atoms with Gasteiger partial charge in [-0.15, -0.1) is 5.92 Å². The van der Waals surface area contributed by atoms with Crippen molar-refractivity contribution in [3.8, 4) is 11.8 Å². The third kappa shape index (κ3) is 3.69. The van der Waals surface area contributed by atoms with Crippen molar-refractivity contribution in [3.05, 3.63) is 0 Å². The van der Waals surface area contributed by atoms with Crippen LogP contribution in [-0.2, 0) is 0 Å². The fraction of sp³-hybridized carbons (Fsp3) is 0.833. The molecule has 2 nitrogen and oxygen atoms in total. The van der Waals surface area contributed by atoms with Crippen LogP contribution in [0.5, 0.6) is 0 Å². The Bertz CT molecular complexity index is 196. The molecule has 0 amide bonds. The van der Waals surface area contributed by atoms with Crippen LogP contribution in [0.2, 0.25) is 0 Å². The predicted molar refractivity (Wildman–Crippen MR) is 60.9 cm³/mol. The van der Waals surface area contributed by atoms with Crippen LogP contribution < -0.4 is 11.1 Å². The van der Waals surface area contributed by atoms with E-state index in [1.54, 1.807) is 0 Å². The fourth-order valence-corrected chi connectivity index (χ4v) is 2.25. The van der Waals surface area contributed by atoms with Crippen molar-refractivity contribution in [3.63, 3.8) is 0 Å². The third-order valence-corrected chi connectivity index (χ3v) is 3.10. The van der Waals surface area contributed by atoms with E-state index >= 15 is 0 Å². The van der Waals surface area contributed by atoms with Gasteiger partial charge in [-0.3, -0.25) is 0 Å². The van der Waals surface area contributed by atoms with Crippen molar-refractivity contribution >= 4 is 0 Å². The lowest BCUT2D eigenvalue weighted by Crippen LogP contribution is -2.43. The molecule has 1 atom stereocenters. The zero-order valence-electron chi connectivity index (χ0n) is 9.18. The molecule has 0 bridgehead atoms. The van der Waals surface area contributed by atoms with Crippen molar-refractivity contribution in [1.29, 1.82) is 0 Å². The zero-order valence-corrected chi connectivity index (χ0v) is 9.18. The average Bonchev–Trinajstić information content (AvgIpc) is 2.26. The van der Waals surface area contributed by atoms with E-state index in [0.717, 1.165) is 19.0 Å². The second-order valence-corrected chi connectivity index (χ2v) is 4.05. The van der Waals surface area contributed by atoms with Crippen LogP contribution in [0.25, 0.3) is 0 Å². The van der Waals surface area contributed by atoms with Gasteiger partial charge in [0.15, 0.2) is 0 Å². The summed E-state index contributed by atoms with van der Waals surface area (Å²) in [5, 5.41) is 3.44. The average molecular weight is 194 g/mol. The van der Waals surface area contributed by atoms with Gasteiger partial charge in [0.2, 0.25) is 0 Å². The Morgan fingerprint density at radius 3 is 2.64 bits per heavy atom. The molecule has 0 aromatic rings. The Morgan fingerprint density at radius 2 is 2.07 bits per heavy atom. The molecule has 0 aliphatic heterocycles. The monoisotopic (exact) mass is 194 g/mol. The number of hydrogen-bond acceptors (Lipinski definition) is 2. The summed E-state index contributed by atoms with van der Waals surface area (Å²) >= 11 is 0. The van der Waals surface area contributed by atoms with Gasteiger partial charge in [0.25, 0.3) is 0 Å². The summed E-state index contributed by atoms with van der Waals surface area (Å²) in [5.41, 5.74) is 5.78. The maximum atomic E-state index is 5.78. The molecule has 1 unspecified atom stereocenters. The summed E-state index contributed by atoms with van der Waals surface area (Å²) in [6.45, 7) is 3.41. The molecule has 0 radical (unpaired) electrons. The van der Waals surface area contributed by atoms with Crippen molar-refractivity contribution in [1.82, 2.24) is 5.32 Å². The molecule has 1 rings (SSSR count). The molecule has 3 N–H and O–H groups in total. The number of nitrogens with one attached hydrogen (secondary N) is 1. The highest BCUT2D eigenvalue weighted by Gasteiger charge is 2.21. The maximum Gasteiger partial charge on any atom is 0.0579 e. The second kappa shape index (κ2) is 6.86. The minimum Gasteiger partial charge on any atom is -0.329 e. The van der Waals surface area contributed by atoms with E-state index in [2.05, 4.69) is 17.2 Å². The Labute approximate surface area is 87.6 Å². The van der Waals surface area contributed by atoms with Gasteiger partial charge < -0.3 is 11.1 Å². The van der Waals surface area contributed by atoms with E-state index < -0.39 is 0 Å². The standard InChI is InChI=1S/C12H22N2/c1-2-3-9-14-12(10-13)11-7-5-4-6-8-11/h11-12,14H,4-10,13H2,1H3. The van der Waals surface area contributed by atoms with Gasteiger partial charge in [-0.1, -0.05) is 25.2 Å². The lowest BCUT2D eigenvalue weighted by atomic mass is 9.84. The van der Waals surface area contributed by atoms with Gasteiger partial charge in [0.05, 0.1) is 6.54 Å².